The molecule has 0 aliphatic heterocycles. The molecule has 0 bridgehead atoms. The van der Waals surface area contributed by atoms with Gasteiger partial charge in [-0.3, -0.25) is 4.79 Å². The lowest BCUT2D eigenvalue weighted by molar-refractivity contribution is -0.145. The van der Waals surface area contributed by atoms with E-state index in [1.807, 2.05) is 20.8 Å². The molecule has 18 heavy (non-hydrogen) atoms. The molecule has 0 saturated heterocycles. The highest BCUT2D eigenvalue weighted by Crippen LogP contribution is 2.33. The maximum Gasteiger partial charge on any atom is 0.321 e. The van der Waals surface area contributed by atoms with E-state index in [0.717, 1.165) is 17.7 Å². The lowest BCUT2D eigenvalue weighted by atomic mass is 10.1. The van der Waals surface area contributed by atoms with Gasteiger partial charge >= 0.3 is 5.97 Å². The molecule has 0 aromatic heterocycles. The maximum absolute atomic E-state index is 11.8. The monoisotopic (exact) mass is 266 g/mol. The summed E-state index contributed by atoms with van der Waals surface area (Å²) < 4.78 is 4.54. The number of aryl methyl sites for hydroxylation is 1. The summed E-state index contributed by atoms with van der Waals surface area (Å²) in [5.74, 6) is -0.160. The van der Waals surface area contributed by atoms with Crippen molar-refractivity contribution in [3.63, 3.8) is 0 Å². The molecule has 0 spiro atoms. The molecule has 2 nitrogen and oxygen atoms in total. The maximum atomic E-state index is 11.8. The summed E-state index contributed by atoms with van der Waals surface area (Å²) in [6, 6.07) is 8.42. The van der Waals surface area contributed by atoms with Crippen LogP contribution >= 0.6 is 11.8 Å². The lowest BCUT2D eigenvalue weighted by Crippen LogP contribution is -2.29. The van der Waals surface area contributed by atoms with Crippen LogP contribution in [0.5, 0.6) is 0 Å². The van der Waals surface area contributed by atoms with E-state index < -0.39 is 4.75 Å². The standard InChI is InChI=1S/C15H22O2S/c1-5-7-12-8-10-13(11-9-12)18-15(3,4)14(16)17-6-2/h8-11H,5-7H2,1-4H3. The molecule has 1 aromatic rings. The fraction of sp³-hybridized carbons (Fsp3) is 0.533. The van der Waals surface area contributed by atoms with Crippen LogP contribution in [-0.2, 0) is 16.0 Å². The highest BCUT2D eigenvalue weighted by molar-refractivity contribution is 8.01. The molecule has 1 rings (SSSR count). The fourth-order valence-electron chi connectivity index (χ4n) is 1.65. The van der Waals surface area contributed by atoms with Gasteiger partial charge in [-0.1, -0.05) is 25.5 Å². The summed E-state index contributed by atoms with van der Waals surface area (Å²) in [6.45, 7) is 8.23. The Morgan fingerprint density at radius 1 is 1.22 bits per heavy atom. The number of esters is 1. The first-order valence-corrected chi connectivity index (χ1v) is 7.26. The molecule has 0 aliphatic carbocycles. The van der Waals surface area contributed by atoms with Gasteiger partial charge in [-0.05, 0) is 44.9 Å². The Hall–Kier alpha value is -0.960. The largest absolute Gasteiger partial charge is 0.465 e. The van der Waals surface area contributed by atoms with E-state index in [-0.39, 0.29) is 5.97 Å². The predicted molar refractivity (Wildman–Crippen MR) is 77.0 cm³/mol. The number of carbonyl (C=O) groups is 1. The van der Waals surface area contributed by atoms with Gasteiger partial charge in [0.2, 0.25) is 0 Å². The van der Waals surface area contributed by atoms with Crippen LogP contribution in [0.15, 0.2) is 29.2 Å². The minimum atomic E-state index is -0.539. The van der Waals surface area contributed by atoms with Crippen molar-refractivity contribution >= 4 is 17.7 Å². The zero-order chi connectivity index (χ0) is 13.6. The molecule has 0 atom stereocenters. The number of carbonyl (C=O) groups excluding carboxylic acids is 1. The molecule has 0 aliphatic rings. The molecule has 0 N–H and O–H groups in total. The SMILES string of the molecule is CCCc1ccc(SC(C)(C)C(=O)OCC)cc1. The molecule has 3 heteroatoms. The van der Waals surface area contributed by atoms with Crippen LogP contribution in [0.25, 0.3) is 0 Å². The third kappa shape index (κ3) is 4.37. The molecule has 1 aromatic carbocycles. The Balaban J connectivity index is 2.68. The Kier molecular flexibility index (Phi) is 5.73. The molecule has 0 amide bonds. The van der Waals surface area contributed by atoms with Crippen LogP contribution < -0.4 is 0 Å². The number of rotatable bonds is 6. The van der Waals surface area contributed by atoms with E-state index in [1.165, 1.54) is 5.56 Å². The molecule has 0 radical (unpaired) electrons. The molecular weight excluding hydrogens is 244 g/mol. The highest BCUT2D eigenvalue weighted by Gasteiger charge is 2.30. The zero-order valence-corrected chi connectivity index (χ0v) is 12.5. The zero-order valence-electron chi connectivity index (χ0n) is 11.7. The van der Waals surface area contributed by atoms with Crippen molar-refractivity contribution in [1.82, 2.24) is 0 Å². The van der Waals surface area contributed by atoms with Crippen LogP contribution in [0.2, 0.25) is 0 Å². The van der Waals surface area contributed by atoms with E-state index >= 15 is 0 Å². The highest BCUT2D eigenvalue weighted by atomic mass is 32.2. The van der Waals surface area contributed by atoms with Gasteiger partial charge in [-0.2, -0.15) is 0 Å². The number of hydrogen-bond acceptors (Lipinski definition) is 3. The third-order valence-electron chi connectivity index (χ3n) is 2.60. The topological polar surface area (TPSA) is 26.3 Å². The van der Waals surface area contributed by atoms with Crippen molar-refractivity contribution in [2.45, 2.75) is 50.2 Å². The van der Waals surface area contributed by atoms with Crippen LogP contribution in [0, 0.1) is 0 Å². The Morgan fingerprint density at radius 3 is 2.33 bits per heavy atom. The first-order valence-electron chi connectivity index (χ1n) is 6.44. The van der Waals surface area contributed by atoms with Crippen molar-refractivity contribution in [2.24, 2.45) is 0 Å². The van der Waals surface area contributed by atoms with Crippen LogP contribution in [0.1, 0.15) is 39.7 Å². The second-order valence-corrected chi connectivity index (χ2v) is 6.42. The van der Waals surface area contributed by atoms with Crippen LogP contribution in [-0.4, -0.2) is 17.3 Å². The van der Waals surface area contributed by atoms with Gasteiger partial charge in [0.1, 0.15) is 4.75 Å². The summed E-state index contributed by atoms with van der Waals surface area (Å²) >= 11 is 1.55. The quantitative estimate of drug-likeness (QED) is 0.573. The minimum absolute atomic E-state index is 0.160. The van der Waals surface area contributed by atoms with Crippen molar-refractivity contribution in [2.75, 3.05) is 6.61 Å². The molecule has 0 saturated carbocycles. The van der Waals surface area contributed by atoms with Crippen molar-refractivity contribution in [3.05, 3.63) is 29.8 Å². The van der Waals surface area contributed by atoms with Gasteiger partial charge in [0, 0.05) is 4.90 Å². The van der Waals surface area contributed by atoms with Crippen LogP contribution in [0.3, 0.4) is 0 Å². The average molecular weight is 266 g/mol. The van der Waals surface area contributed by atoms with Gasteiger partial charge in [0.05, 0.1) is 6.61 Å². The molecule has 0 fully saturated rings. The Labute approximate surface area is 114 Å². The molecule has 100 valence electrons. The van der Waals surface area contributed by atoms with E-state index in [9.17, 15) is 4.79 Å². The van der Waals surface area contributed by atoms with Gasteiger partial charge in [0.15, 0.2) is 0 Å². The summed E-state index contributed by atoms with van der Waals surface area (Å²) in [6.07, 6.45) is 2.26. The van der Waals surface area contributed by atoms with Crippen molar-refractivity contribution in [1.29, 1.82) is 0 Å². The van der Waals surface area contributed by atoms with Gasteiger partial charge < -0.3 is 4.74 Å². The van der Waals surface area contributed by atoms with E-state index in [4.69, 9.17) is 4.74 Å². The average Bonchev–Trinajstić information content (AvgIpc) is 2.32. The number of benzene rings is 1. The second kappa shape index (κ2) is 6.83. The number of hydrogen-bond donors (Lipinski definition) is 0. The van der Waals surface area contributed by atoms with Gasteiger partial charge in [-0.25, -0.2) is 0 Å². The second-order valence-electron chi connectivity index (χ2n) is 4.73. The first kappa shape index (κ1) is 15.1. The lowest BCUT2D eigenvalue weighted by Gasteiger charge is -2.21. The normalized spacial score (nSPS) is 11.3. The van der Waals surface area contributed by atoms with Gasteiger partial charge in [0.25, 0.3) is 0 Å². The van der Waals surface area contributed by atoms with Gasteiger partial charge in [-0.15, -0.1) is 11.8 Å². The number of ether oxygens (including phenoxy) is 1. The van der Waals surface area contributed by atoms with E-state index in [0.29, 0.717) is 6.61 Å². The molecule has 0 heterocycles. The summed E-state index contributed by atoms with van der Waals surface area (Å²) in [4.78, 5) is 12.9. The number of thioether (sulfide) groups is 1. The van der Waals surface area contributed by atoms with E-state index in [1.54, 1.807) is 11.8 Å². The summed E-state index contributed by atoms with van der Waals surface area (Å²) in [5, 5.41) is 0. The molecule has 0 unspecified atom stereocenters. The smallest absolute Gasteiger partial charge is 0.321 e. The van der Waals surface area contributed by atoms with E-state index in [2.05, 4.69) is 31.2 Å². The Morgan fingerprint density at radius 2 is 1.83 bits per heavy atom. The fourth-order valence-corrected chi connectivity index (χ4v) is 2.66. The third-order valence-corrected chi connectivity index (χ3v) is 3.79. The predicted octanol–water partition coefficient (Wildman–Crippen LogP) is 4.07. The summed E-state index contributed by atoms with van der Waals surface area (Å²) in [7, 11) is 0. The Bertz CT molecular complexity index is 382. The molecular formula is C15H22O2S. The first-order chi connectivity index (χ1) is 8.49. The minimum Gasteiger partial charge on any atom is -0.465 e. The summed E-state index contributed by atoms with van der Waals surface area (Å²) in [5.41, 5.74) is 1.34. The van der Waals surface area contributed by atoms with Crippen LogP contribution in [0.4, 0.5) is 0 Å². The van der Waals surface area contributed by atoms with Crippen molar-refractivity contribution < 1.29 is 9.53 Å². The van der Waals surface area contributed by atoms with Crippen molar-refractivity contribution in [3.8, 4) is 0 Å².